The average molecular weight is 637 g/mol. The van der Waals surface area contributed by atoms with Gasteiger partial charge in [-0.25, -0.2) is 4.79 Å². The molecule has 38 heavy (non-hydrogen) atoms. The van der Waals surface area contributed by atoms with Crippen molar-refractivity contribution < 1.29 is 108 Å². The molecule has 0 rings (SSSR count). The van der Waals surface area contributed by atoms with Gasteiger partial charge in [0.05, 0.1) is 0 Å². The summed E-state index contributed by atoms with van der Waals surface area (Å²) in [5.41, 5.74) is 0. The number of urea groups is 1. The molecule has 0 aliphatic rings. The normalized spacial score (nSPS) is 11.3. The zero-order valence-corrected chi connectivity index (χ0v) is 18.3. The lowest BCUT2D eigenvalue weighted by Gasteiger charge is -2.16. The fourth-order valence-electron chi connectivity index (χ4n) is 0.400. The van der Waals surface area contributed by atoms with E-state index in [9.17, 15) is 108 Å². The second kappa shape index (κ2) is 21.9. The number of carbonyl (C=O) groups excluding carboxylic acids is 1. The van der Waals surface area contributed by atoms with E-state index in [2.05, 4.69) is 0 Å². The lowest BCUT2D eigenvalue weighted by atomic mass is 10.3. The monoisotopic (exact) mass is 638 g/mol. The summed E-state index contributed by atoms with van der Waals surface area (Å²) in [6.07, 6.45) is 0. The highest BCUT2D eigenvalue weighted by atomic mass is 19.5. The molecule has 0 radical (unpaired) electrons. The Morgan fingerprint density at radius 1 is 0.316 bits per heavy atom. The molecule has 2 amide bonds. The van der Waals surface area contributed by atoms with Gasteiger partial charge in [0.25, 0.3) is 0 Å². The van der Waals surface area contributed by atoms with Crippen LogP contribution in [0.2, 0.25) is 0 Å². The molecule has 240 valence electrons. The van der Waals surface area contributed by atoms with Crippen LogP contribution >= 0.6 is 0 Å². The Bertz CT molecular complexity index is 392. The Morgan fingerprint density at radius 3 is 0.368 bits per heavy atom. The predicted octanol–water partition coefficient (Wildman–Crippen LogP) is 8.03. The number of hydrogen-bond acceptors (Lipinski definition) is 1. The van der Waals surface area contributed by atoms with Crippen LogP contribution in [0.1, 0.15) is 0 Å². The number of halogens is 24. The van der Waals surface area contributed by atoms with Crippen molar-refractivity contribution in [3.05, 3.63) is 0 Å². The van der Waals surface area contributed by atoms with Crippen molar-refractivity contribution >= 4 is 49.6 Å². The third kappa shape index (κ3) is 1030. The van der Waals surface area contributed by atoms with Crippen molar-refractivity contribution in [2.45, 2.75) is 0 Å². The number of carbonyl (C=O) groups is 1. The minimum absolute atomic E-state index is 0.0185. The molecule has 0 saturated carbocycles. The molecule has 3 nitrogen and oxygen atoms in total. The van der Waals surface area contributed by atoms with Crippen LogP contribution in [0.15, 0.2) is 0 Å². The van der Waals surface area contributed by atoms with E-state index in [0.717, 1.165) is 0 Å². The highest BCUT2D eigenvalue weighted by molar-refractivity contribution is 6.51. The van der Waals surface area contributed by atoms with Crippen LogP contribution in [0.4, 0.5) is 108 Å². The molecule has 0 bridgehead atoms. The molecule has 0 unspecified atom stereocenters. The molecular formula is C5H12B6F24N2O-6. The molecule has 0 aromatic carbocycles. The zero-order chi connectivity index (χ0) is 33.7. The Balaban J connectivity index is -0.0000000596. The standard InChI is InChI=1S/C5H12N2O.6BF4/c1-6(2)5(8)7(3)4;6*2-1(3,4)5/h1-4H3;;;;;;/q;6*-1. The minimum Gasteiger partial charge on any atom is -0.418 e. The smallest absolute Gasteiger partial charge is 0.418 e. The molecule has 0 spiro atoms. The summed E-state index contributed by atoms with van der Waals surface area (Å²) in [6, 6.07) is 0.0185. The maximum atomic E-state index is 10.7. The fourth-order valence-corrected chi connectivity index (χ4v) is 0.400. The van der Waals surface area contributed by atoms with E-state index in [1.165, 1.54) is 9.80 Å². The summed E-state index contributed by atoms with van der Waals surface area (Å²) in [5.74, 6) is 0. The summed E-state index contributed by atoms with van der Waals surface area (Å²) >= 11 is 0. The summed E-state index contributed by atoms with van der Waals surface area (Å²) in [4.78, 5) is 13.8. The van der Waals surface area contributed by atoms with E-state index in [-0.39, 0.29) is 6.03 Å². The van der Waals surface area contributed by atoms with Gasteiger partial charge in [0.1, 0.15) is 0 Å². The van der Waals surface area contributed by atoms with Gasteiger partial charge in [-0.2, -0.15) is 0 Å². The van der Waals surface area contributed by atoms with E-state index in [1.54, 1.807) is 28.2 Å². The molecule has 0 N–H and O–H groups in total. The molecule has 0 aromatic rings. The van der Waals surface area contributed by atoms with Crippen LogP contribution in [-0.4, -0.2) is 87.5 Å². The molecule has 0 atom stereocenters. The third-order valence-electron chi connectivity index (χ3n) is 0.765. The van der Waals surface area contributed by atoms with Crippen molar-refractivity contribution in [2.24, 2.45) is 0 Å². The largest absolute Gasteiger partial charge is 0.673 e. The highest BCUT2D eigenvalue weighted by Crippen LogP contribution is 2.09. The maximum absolute atomic E-state index is 10.7. The third-order valence-corrected chi connectivity index (χ3v) is 0.765. The van der Waals surface area contributed by atoms with E-state index in [0.29, 0.717) is 0 Å². The van der Waals surface area contributed by atoms with E-state index < -0.39 is 43.5 Å². The molecular weight excluding hydrogens is 625 g/mol. The summed E-state index contributed by atoms with van der Waals surface area (Å²) in [5, 5.41) is 0. The van der Waals surface area contributed by atoms with Crippen LogP contribution in [-0.2, 0) is 0 Å². The first-order valence-corrected chi connectivity index (χ1v) is 7.68. The van der Waals surface area contributed by atoms with E-state index >= 15 is 0 Å². The molecule has 0 heterocycles. The van der Waals surface area contributed by atoms with Gasteiger partial charge in [0, 0.05) is 28.2 Å². The SMILES string of the molecule is CN(C)C(=O)N(C)C.F[B-](F)(F)F.F[B-](F)(F)F.F[B-](F)(F)F.F[B-](F)(F)F.F[B-](F)(F)F.F[B-](F)(F)F. The second-order valence-corrected chi connectivity index (χ2v) is 5.04. The van der Waals surface area contributed by atoms with Gasteiger partial charge in [0.15, 0.2) is 0 Å². The summed E-state index contributed by atoms with van der Waals surface area (Å²) in [6.45, 7) is 0. The molecule has 0 aliphatic carbocycles. The Morgan fingerprint density at radius 2 is 0.368 bits per heavy atom. The Labute approximate surface area is 197 Å². The van der Waals surface area contributed by atoms with Gasteiger partial charge in [-0.3, -0.25) is 0 Å². The molecule has 0 aliphatic heterocycles. The number of amides is 2. The van der Waals surface area contributed by atoms with Gasteiger partial charge < -0.3 is 113 Å². The first kappa shape index (κ1) is 52.4. The first-order chi connectivity index (χ1) is 15.6. The Kier molecular flexibility index (Phi) is 30.2. The molecule has 0 aromatic heterocycles. The van der Waals surface area contributed by atoms with Crippen molar-refractivity contribution in [2.75, 3.05) is 28.2 Å². The summed E-state index contributed by atoms with van der Waals surface area (Å²) < 4.78 is 234. The number of hydrogen-bond donors (Lipinski definition) is 0. The van der Waals surface area contributed by atoms with Crippen LogP contribution in [0.25, 0.3) is 0 Å². The van der Waals surface area contributed by atoms with E-state index in [4.69, 9.17) is 0 Å². The summed E-state index contributed by atoms with van der Waals surface area (Å²) in [7, 11) is -29.1. The minimum atomic E-state index is -6.00. The topological polar surface area (TPSA) is 23.6 Å². The predicted molar refractivity (Wildman–Crippen MR) is 93.9 cm³/mol. The van der Waals surface area contributed by atoms with Crippen molar-refractivity contribution in [1.29, 1.82) is 0 Å². The Hall–Kier alpha value is -2.02. The quantitative estimate of drug-likeness (QED) is 0.195. The van der Waals surface area contributed by atoms with Crippen molar-refractivity contribution in [3.8, 4) is 0 Å². The fraction of sp³-hybridized carbons (Fsp3) is 0.800. The highest BCUT2D eigenvalue weighted by Gasteiger charge is 2.22. The lowest BCUT2D eigenvalue weighted by molar-refractivity contribution is 0.191. The second-order valence-electron chi connectivity index (χ2n) is 5.04. The number of nitrogens with zero attached hydrogens (tertiary/aromatic N) is 2. The molecule has 0 saturated heterocycles. The van der Waals surface area contributed by atoms with E-state index in [1.807, 2.05) is 0 Å². The van der Waals surface area contributed by atoms with Gasteiger partial charge >= 0.3 is 49.6 Å². The van der Waals surface area contributed by atoms with Gasteiger partial charge in [-0.05, 0) is 0 Å². The van der Waals surface area contributed by atoms with Crippen LogP contribution in [0.3, 0.4) is 0 Å². The van der Waals surface area contributed by atoms with Crippen LogP contribution in [0.5, 0.6) is 0 Å². The number of rotatable bonds is 0. The van der Waals surface area contributed by atoms with Gasteiger partial charge in [-0.1, -0.05) is 0 Å². The zero-order valence-electron chi connectivity index (χ0n) is 18.3. The lowest BCUT2D eigenvalue weighted by Crippen LogP contribution is -2.33. The van der Waals surface area contributed by atoms with Crippen molar-refractivity contribution in [3.63, 3.8) is 0 Å². The average Bonchev–Trinajstić information content (AvgIpc) is 2.34. The first-order valence-electron chi connectivity index (χ1n) is 7.68. The van der Waals surface area contributed by atoms with Crippen LogP contribution < -0.4 is 0 Å². The van der Waals surface area contributed by atoms with Gasteiger partial charge in [0.2, 0.25) is 0 Å². The van der Waals surface area contributed by atoms with Crippen LogP contribution in [0, 0.1) is 0 Å². The van der Waals surface area contributed by atoms with Gasteiger partial charge in [-0.15, -0.1) is 0 Å². The molecule has 0 fully saturated rings. The maximum Gasteiger partial charge on any atom is 0.673 e. The molecule has 33 heteroatoms. The van der Waals surface area contributed by atoms with Crippen molar-refractivity contribution in [1.82, 2.24) is 9.80 Å².